The molecule has 0 saturated heterocycles. The summed E-state index contributed by atoms with van der Waals surface area (Å²) in [7, 11) is 0. The van der Waals surface area contributed by atoms with Crippen molar-refractivity contribution in [2.45, 2.75) is 32.2 Å². The number of carbonyl (C=O) groups is 1. The van der Waals surface area contributed by atoms with Crippen LogP contribution in [0, 0.1) is 0 Å². The molecule has 0 spiro atoms. The molecule has 3 nitrogen and oxygen atoms in total. The van der Waals surface area contributed by atoms with Crippen LogP contribution in [-0.2, 0) is 4.79 Å². The summed E-state index contributed by atoms with van der Waals surface area (Å²) in [4.78, 5) is 11.8. The average molecular weight is 364 g/mol. The van der Waals surface area contributed by atoms with Crippen molar-refractivity contribution in [3.05, 3.63) is 27.1 Å². The fraction of sp³-hybridized carbons (Fsp3) is 0.417. The molecule has 17 heavy (non-hydrogen) atoms. The number of amides is 1. The maximum atomic E-state index is 11.8. The van der Waals surface area contributed by atoms with Crippen LogP contribution in [0.1, 0.15) is 26.7 Å². The minimum Gasteiger partial charge on any atom is -0.326 e. The molecule has 0 atom stereocenters. The van der Waals surface area contributed by atoms with E-state index in [0.29, 0.717) is 12.8 Å². The second-order valence-electron chi connectivity index (χ2n) is 4.63. The molecule has 0 aliphatic rings. The fourth-order valence-electron chi connectivity index (χ4n) is 1.25. The number of rotatable bonds is 4. The van der Waals surface area contributed by atoms with Gasteiger partial charge in [0.05, 0.1) is 5.69 Å². The number of carbonyl (C=O) groups excluding carboxylic acids is 1. The van der Waals surface area contributed by atoms with Gasteiger partial charge >= 0.3 is 0 Å². The molecule has 0 heterocycles. The molecule has 0 radical (unpaired) electrons. The van der Waals surface area contributed by atoms with Crippen molar-refractivity contribution >= 4 is 43.5 Å². The van der Waals surface area contributed by atoms with E-state index >= 15 is 0 Å². The van der Waals surface area contributed by atoms with Gasteiger partial charge in [0.1, 0.15) is 0 Å². The van der Waals surface area contributed by atoms with Crippen LogP contribution in [0.4, 0.5) is 5.69 Å². The number of hydrogen-bond acceptors (Lipinski definition) is 2. The first-order valence-electron chi connectivity index (χ1n) is 5.32. The Morgan fingerprint density at radius 2 is 1.88 bits per heavy atom. The Bertz CT molecular complexity index is 393. The summed E-state index contributed by atoms with van der Waals surface area (Å²) in [6.45, 7) is 3.82. The first-order valence-corrected chi connectivity index (χ1v) is 6.91. The highest BCUT2D eigenvalue weighted by Crippen LogP contribution is 2.30. The van der Waals surface area contributed by atoms with Gasteiger partial charge in [0.25, 0.3) is 0 Å². The fourth-order valence-corrected chi connectivity index (χ4v) is 2.45. The van der Waals surface area contributed by atoms with Crippen LogP contribution in [0.2, 0.25) is 0 Å². The summed E-state index contributed by atoms with van der Waals surface area (Å²) in [5, 5.41) is 2.86. The lowest BCUT2D eigenvalue weighted by Gasteiger charge is -2.18. The van der Waals surface area contributed by atoms with Gasteiger partial charge < -0.3 is 11.1 Å². The predicted octanol–water partition coefficient (Wildman–Crippen LogP) is 3.67. The van der Waals surface area contributed by atoms with E-state index < -0.39 is 0 Å². The highest BCUT2D eigenvalue weighted by molar-refractivity contribution is 9.11. The minimum atomic E-state index is -0.317. The van der Waals surface area contributed by atoms with E-state index in [-0.39, 0.29) is 11.4 Å². The molecular weight excluding hydrogens is 348 g/mol. The SMILES string of the molecule is CC(C)(N)CCC(=O)Nc1c(Br)cccc1Br. The van der Waals surface area contributed by atoms with Crippen molar-refractivity contribution in [2.75, 3.05) is 5.32 Å². The Morgan fingerprint density at radius 3 is 2.35 bits per heavy atom. The molecule has 0 bridgehead atoms. The van der Waals surface area contributed by atoms with Gasteiger partial charge in [0, 0.05) is 20.9 Å². The molecule has 0 aliphatic heterocycles. The third kappa shape index (κ3) is 5.19. The van der Waals surface area contributed by atoms with E-state index in [1.54, 1.807) is 0 Å². The normalized spacial score (nSPS) is 11.4. The van der Waals surface area contributed by atoms with E-state index in [4.69, 9.17) is 5.73 Å². The van der Waals surface area contributed by atoms with Gasteiger partial charge in [-0.05, 0) is 64.3 Å². The number of anilines is 1. The van der Waals surface area contributed by atoms with Crippen LogP contribution in [0.25, 0.3) is 0 Å². The highest BCUT2D eigenvalue weighted by atomic mass is 79.9. The zero-order valence-electron chi connectivity index (χ0n) is 9.89. The topological polar surface area (TPSA) is 55.1 Å². The molecule has 0 aromatic heterocycles. The number of halogens is 2. The second kappa shape index (κ2) is 5.98. The van der Waals surface area contributed by atoms with E-state index in [0.717, 1.165) is 14.6 Å². The van der Waals surface area contributed by atoms with Gasteiger partial charge in [0.15, 0.2) is 0 Å². The van der Waals surface area contributed by atoms with E-state index in [1.165, 1.54) is 0 Å². The van der Waals surface area contributed by atoms with Gasteiger partial charge in [-0.1, -0.05) is 6.07 Å². The Labute approximate surface area is 118 Å². The Morgan fingerprint density at radius 1 is 1.35 bits per heavy atom. The molecular formula is C12H16Br2N2O. The van der Waals surface area contributed by atoms with Gasteiger partial charge in [0.2, 0.25) is 5.91 Å². The Kier molecular flexibility index (Phi) is 5.16. The van der Waals surface area contributed by atoms with Crippen LogP contribution in [-0.4, -0.2) is 11.4 Å². The molecule has 0 fully saturated rings. The lowest BCUT2D eigenvalue weighted by Crippen LogP contribution is -2.33. The summed E-state index contributed by atoms with van der Waals surface area (Å²) >= 11 is 6.79. The maximum Gasteiger partial charge on any atom is 0.224 e. The number of benzene rings is 1. The zero-order chi connectivity index (χ0) is 13.1. The van der Waals surface area contributed by atoms with Crippen molar-refractivity contribution in [3.63, 3.8) is 0 Å². The Balaban J connectivity index is 2.63. The first kappa shape index (κ1) is 14.7. The molecule has 1 rings (SSSR count). The van der Waals surface area contributed by atoms with Crippen molar-refractivity contribution in [1.82, 2.24) is 0 Å². The molecule has 94 valence electrons. The smallest absolute Gasteiger partial charge is 0.224 e. The van der Waals surface area contributed by atoms with Crippen molar-refractivity contribution in [2.24, 2.45) is 5.73 Å². The third-order valence-corrected chi connectivity index (χ3v) is 3.55. The van der Waals surface area contributed by atoms with Crippen LogP contribution in [0.15, 0.2) is 27.1 Å². The molecule has 1 aromatic rings. The summed E-state index contributed by atoms with van der Waals surface area (Å²) in [6.07, 6.45) is 1.07. The molecule has 3 N–H and O–H groups in total. The largest absolute Gasteiger partial charge is 0.326 e. The van der Waals surface area contributed by atoms with E-state index in [9.17, 15) is 4.79 Å². The number of nitrogens with two attached hydrogens (primary N) is 1. The summed E-state index contributed by atoms with van der Waals surface area (Å²) < 4.78 is 1.71. The highest BCUT2D eigenvalue weighted by Gasteiger charge is 2.14. The molecule has 0 saturated carbocycles. The van der Waals surface area contributed by atoms with Crippen LogP contribution in [0.3, 0.4) is 0 Å². The lowest BCUT2D eigenvalue weighted by atomic mass is 10.00. The molecule has 1 amide bonds. The van der Waals surface area contributed by atoms with Crippen LogP contribution >= 0.6 is 31.9 Å². The minimum absolute atomic E-state index is 0.0314. The number of hydrogen-bond donors (Lipinski definition) is 2. The monoisotopic (exact) mass is 362 g/mol. The quantitative estimate of drug-likeness (QED) is 0.857. The zero-order valence-corrected chi connectivity index (χ0v) is 13.1. The van der Waals surface area contributed by atoms with Crippen molar-refractivity contribution in [3.8, 4) is 0 Å². The molecule has 5 heteroatoms. The molecule has 0 unspecified atom stereocenters. The van der Waals surface area contributed by atoms with Crippen LogP contribution < -0.4 is 11.1 Å². The third-order valence-electron chi connectivity index (χ3n) is 2.22. The summed E-state index contributed by atoms with van der Waals surface area (Å²) in [6, 6.07) is 5.66. The standard InChI is InChI=1S/C12H16Br2N2O/c1-12(2,15)7-6-10(17)16-11-8(13)4-3-5-9(11)14/h3-5H,6-7,15H2,1-2H3,(H,16,17). The number of nitrogens with one attached hydrogen (secondary N) is 1. The molecule has 1 aromatic carbocycles. The number of para-hydroxylation sites is 1. The first-order chi connectivity index (χ1) is 7.79. The van der Waals surface area contributed by atoms with E-state index in [1.807, 2.05) is 32.0 Å². The van der Waals surface area contributed by atoms with Gasteiger partial charge in [-0.15, -0.1) is 0 Å². The van der Waals surface area contributed by atoms with Crippen molar-refractivity contribution in [1.29, 1.82) is 0 Å². The van der Waals surface area contributed by atoms with Gasteiger partial charge in [-0.3, -0.25) is 4.79 Å². The van der Waals surface area contributed by atoms with Gasteiger partial charge in [-0.25, -0.2) is 0 Å². The van der Waals surface area contributed by atoms with E-state index in [2.05, 4.69) is 37.2 Å². The van der Waals surface area contributed by atoms with Gasteiger partial charge in [-0.2, -0.15) is 0 Å². The maximum absolute atomic E-state index is 11.8. The van der Waals surface area contributed by atoms with Crippen molar-refractivity contribution < 1.29 is 4.79 Å². The summed E-state index contributed by atoms with van der Waals surface area (Å²) in [5.74, 6) is -0.0314. The predicted molar refractivity (Wildman–Crippen MR) is 78.0 cm³/mol. The molecule has 0 aliphatic carbocycles. The average Bonchev–Trinajstić information content (AvgIpc) is 2.20. The Hall–Kier alpha value is -0.390. The summed E-state index contributed by atoms with van der Waals surface area (Å²) in [5.41, 5.74) is 6.28. The van der Waals surface area contributed by atoms with Crippen LogP contribution in [0.5, 0.6) is 0 Å². The second-order valence-corrected chi connectivity index (χ2v) is 6.34. The lowest BCUT2D eigenvalue weighted by molar-refractivity contribution is -0.116.